The number of sulfone groups is 1. The number of hydrogen-bond acceptors (Lipinski definition) is 4. The van der Waals surface area contributed by atoms with Gasteiger partial charge in [-0.15, -0.1) is 0 Å². The van der Waals surface area contributed by atoms with Crippen molar-refractivity contribution in [2.24, 2.45) is 5.73 Å². The van der Waals surface area contributed by atoms with Gasteiger partial charge in [0.2, 0.25) is 0 Å². The maximum atomic E-state index is 12.9. The highest BCUT2D eigenvalue weighted by molar-refractivity contribution is 7.91. The Hall–Kier alpha value is -1.01. The van der Waals surface area contributed by atoms with E-state index in [1.807, 2.05) is 0 Å². The normalized spacial score (nSPS) is 13.6. The first-order chi connectivity index (χ1) is 7.94. The van der Waals surface area contributed by atoms with Crippen LogP contribution >= 0.6 is 0 Å². The fourth-order valence-corrected chi connectivity index (χ4v) is 2.36. The second-order valence-electron chi connectivity index (χ2n) is 3.92. The summed E-state index contributed by atoms with van der Waals surface area (Å²) < 4.78 is 35.4. The topological polar surface area (TPSA) is 73.0 Å². The molecule has 1 unspecified atom stereocenters. The van der Waals surface area contributed by atoms with Crippen molar-refractivity contribution < 1.29 is 12.8 Å². The Labute approximate surface area is 101 Å². The van der Waals surface area contributed by atoms with Gasteiger partial charge < -0.3 is 5.73 Å². The van der Waals surface area contributed by atoms with E-state index >= 15 is 0 Å². The monoisotopic (exact) mass is 260 g/mol. The van der Waals surface area contributed by atoms with Crippen LogP contribution in [0, 0.1) is 5.82 Å². The molecule has 6 heteroatoms. The Morgan fingerprint density at radius 3 is 2.76 bits per heavy atom. The van der Waals surface area contributed by atoms with E-state index in [0.717, 1.165) is 6.20 Å². The van der Waals surface area contributed by atoms with Gasteiger partial charge in [0.25, 0.3) is 0 Å². The first-order valence-corrected chi connectivity index (χ1v) is 7.33. The van der Waals surface area contributed by atoms with Crippen molar-refractivity contribution in [3.05, 3.63) is 29.8 Å². The third kappa shape index (κ3) is 4.79. The van der Waals surface area contributed by atoms with Gasteiger partial charge in [0.1, 0.15) is 15.7 Å². The van der Waals surface area contributed by atoms with Gasteiger partial charge in [-0.2, -0.15) is 0 Å². The minimum Gasteiger partial charge on any atom is -0.324 e. The number of nitrogens with two attached hydrogens (primary N) is 1. The second-order valence-corrected chi connectivity index (χ2v) is 6.39. The van der Waals surface area contributed by atoms with E-state index in [1.54, 1.807) is 6.92 Å². The van der Waals surface area contributed by atoms with Crippen molar-refractivity contribution in [1.82, 2.24) is 4.98 Å². The number of nitrogens with zero attached hydrogens (tertiary/aromatic N) is 1. The molecule has 0 aliphatic carbocycles. The Kier molecular flexibility index (Phi) is 5.02. The van der Waals surface area contributed by atoms with Gasteiger partial charge in [-0.1, -0.05) is 6.92 Å². The van der Waals surface area contributed by atoms with E-state index in [-0.39, 0.29) is 17.5 Å². The van der Waals surface area contributed by atoms with Gasteiger partial charge in [0.05, 0.1) is 11.9 Å². The van der Waals surface area contributed by atoms with Crippen LogP contribution in [0.25, 0.3) is 0 Å². The molecule has 0 fully saturated rings. The van der Waals surface area contributed by atoms with Crippen molar-refractivity contribution >= 4 is 9.84 Å². The molecule has 4 nitrogen and oxygen atoms in total. The average Bonchev–Trinajstić information content (AvgIpc) is 2.28. The van der Waals surface area contributed by atoms with E-state index in [1.165, 1.54) is 12.3 Å². The summed E-state index contributed by atoms with van der Waals surface area (Å²) in [6.07, 6.45) is 3.60. The molecule has 17 heavy (non-hydrogen) atoms. The number of pyridine rings is 1. The van der Waals surface area contributed by atoms with Crippen molar-refractivity contribution in [2.45, 2.75) is 25.8 Å². The van der Waals surface area contributed by atoms with Crippen LogP contribution in [0.1, 0.15) is 31.4 Å². The summed E-state index contributed by atoms with van der Waals surface area (Å²) in [6.45, 7) is 1.62. The largest absolute Gasteiger partial charge is 0.324 e. The molecule has 0 aliphatic rings. The second kappa shape index (κ2) is 6.07. The molecule has 0 spiro atoms. The lowest BCUT2D eigenvalue weighted by molar-refractivity contribution is 0.578. The van der Waals surface area contributed by atoms with E-state index in [4.69, 9.17) is 5.73 Å². The summed E-state index contributed by atoms with van der Waals surface area (Å²) in [7, 11) is -2.95. The van der Waals surface area contributed by atoms with Crippen molar-refractivity contribution in [2.75, 3.05) is 11.5 Å². The van der Waals surface area contributed by atoms with Gasteiger partial charge in [-0.3, -0.25) is 4.98 Å². The molecule has 0 saturated carbocycles. The summed E-state index contributed by atoms with van der Waals surface area (Å²) in [5.41, 5.74) is 6.43. The highest BCUT2D eigenvalue weighted by Gasteiger charge is 2.11. The highest BCUT2D eigenvalue weighted by atomic mass is 32.2. The van der Waals surface area contributed by atoms with Crippen molar-refractivity contribution in [3.8, 4) is 0 Å². The van der Waals surface area contributed by atoms with Crippen LogP contribution in [0.4, 0.5) is 4.39 Å². The maximum absolute atomic E-state index is 12.9. The van der Waals surface area contributed by atoms with Crippen LogP contribution in [0.15, 0.2) is 18.5 Å². The molecule has 1 heterocycles. The van der Waals surface area contributed by atoms with E-state index in [0.29, 0.717) is 18.4 Å². The highest BCUT2D eigenvalue weighted by Crippen LogP contribution is 2.16. The molecule has 0 saturated heterocycles. The quantitative estimate of drug-likeness (QED) is 0.840. The molecule has 0 amide bonds. The average molecular weight is 260 g/mol. The SMILES string of the molecule is CCS(=O)(=O)CCCC(N)c1cncc(F)c1. The predicted molar refractivity (Wildman–Crippen MR) is 64.7 cm³/mol. The zero-order valence-corrected chi connectivity index (χ0v) is 10.6. The minimum absolute atomic E-state index is 0.125. The number of hydrogen-bond donors (Lipinski definition) is 1. The molecule has 0 aromatic carbocycles. The molecule has 0 bridgehead atoms. The Morgan fingerprint density at radius 2 is 2.18 bits per heavy atom. The van der Waals surface area contributed by atoms with Crippen LogP contribution < -0.4 is 5.73 Å². The van der Waals surface area contributed by atoms with Gasteiger partial charge in [-0.25, -0.2) is 12.8 Å². The van der Waals surface area contributed by atoms with Crippen LogP contribution in [-0.4, -0.2) is 24.9 Å². The van der Waals surface area contributed by atoms with E-state index in [9.17, 15) is 12.8 Å². The lowest BCUT2D eigenvalue weighted by Crippen LogP contribution is -2.14. The molecule has 0 radical (unpaired) electrons. The van der Waals surface area contributed by atoms with Crippen LogP contribution in [-0.2, 0) is 9.84 Å². The standard InChI is InChI=1S/C11H17FN2O2S/c1-2-17(15,16)5-3-4-11(13)9-6-10(12)8-14-7-9/h6-8,11H,2-5,13H2,1H3. The minimum atomic E-state index is -2.95. The molecule has 2 N–H and O–H groups in total. The van der Waals surface area contributed by atoms with E-state index < -0.39 is 15.7 Å². The van der Waals surface area contributed by atoms with Crippen LogP contribution in [0.3, 0.4) is 0 Å². The molecular formula is C11H17FN2O2S. The third-order valence-corrected chi connectivity index (χ3v) is 4.35. The Balaban J connectivity index is 2.48. The summed E-state index contributed by atoms with van der Waals surface area (Å²) in [5, 5.41) is 0. The fourth-order valence-electron chi connectivity index (χ4n) is 1.47. The van der Waals surface area contributed by atoms with Gasteiger partial charge >= 0.3 is 0 Å². The molecule has 1 aromatic rings. The fraction of sp³-hybridized carbons (Fsp3) is 0.545. The van der Waals surface area contributed by atoms with Gasteiger partial charge in [-0.05, 0) is 24.5 Å². The van der Waals surface area contributed by atoms with E-state index in [2.05, 4.69) is 4.98 Å². The van der Waals surface area contributed by atoms with Gasteiger partial charge in [0, 0.05) is 18.0 Å². The van der Waals surface area contributed by atoms with Gasteiger partial charge in [0.15, 0.2) is 0 Å². The Morgan fingerprint density at radius 1 is 1.47 bits per heavy atom. The predicted octanol–water partition coefficient (Wildman–Crippen LogP) is 1.44. The lowest BCUT2D eigenvalue weighted by atomic mass is 10.1. The maximum Gasteiger partial charge on any atom is 0.150 e. The van der Waals surface area contributed by atoms with Crippen LogP contribution in [0.2, 0.25) is 0 Å². The summed E-state index contributed by atoms with van der Waals surface area (Å²) in [6, 6.07) is 0.955. The number of halogens is 1. The summed E-state index contributed by atoms with van der Waals surface area (Å²) >= 11 is 0. The number of rotatable bonds is 6. The molecule has 1 rings (SSSR count). The Bertz CT molecular complexity index is 462. The van der Waals surface area contributed by atoms with Crippen molar-refractivity contribution in [1.29, 1.82) is 0 Å². The smallest absolute Gasteiger partial charge is 0.150 e. The zero-order valence-electron chi connectivity index (χ0n) is 9.77. The van der Waals surface area contributed by atoms with Crippen molar-refractivity contribution in [3.63, 3.8) is 0 Å². The third-order valence-electron chi connectivity index (χ3n) is 2.56. The molecule has 96 valence electrons. The lowest BCUT2D eigenvalue weighted by Gasteiger charge is -2.11. The molecule has 0 aliphatic heterocycles. The molecule has 1 aromatic heterocycles. The molecular weight excluding hydrogens is 243 g/mol. The summed E-state index contributed by atoms with van der Waals surface area (Å²) in [4.78, 5) is 3.71. The summed E-state index contributed by atoms with van der Waals surface area (Å²) in [5.74, 6) is -0.164. The molecule has 1 atom stereocenters. The number of aromatic nitrogens is 1. The first kappa shape index (κ1) is 14.1. The zero-order chi connectivity index (χ0) is 12.9. The first-order valence-electron chi connectivity index (χ1n) is 5.51. The van der Waals surface area contributed by atoms with Crippen LogP contribution in [0.5, 0.6) is 0 Å².